The average Bonchev–Trinajstić information content (AvgIpc) is 2.97. The van der Waals surface area contributed by atoms with E-state index in [1.165, 1.54) is 6.20 Å². The van der Waals surface area contributed by atoms with Gasteiger partial charge in [-0.3, -0.25) is 4.79 Å². The molecule has 2 aromatic heterocycles. The van der Waals surface area contributed by atoms with E-state index in [-0.39, 0.29) is 17.5 Å². The van der Waals surface area contributed by atoms with Crippen LogP contribution in [-0.2, 0) is 12.6 Å². The number of halogens is 3. The molecule has 1 atom stereocenters. The summed E-state index contributed by atoms with van der Waals surface area (Å²) in [5.41, 5.74) is 1.79. The van der Waals surface area contributed by atoms with Crippen molar-refractivity contribution >= 4 is 11.6 Å². The van der Waals surface area contributed by atoms with Gasteiger partial charge in [0.25, 0.3) is 11.6 Å². The Morgan fingerprint density at radius 2 is 1.83 bits per heavy atom. The number of hydrogen-bond acceptors (Lipinski definition) is 4. The molecule has 3 aromatic rings. The van der Waals surface area contributed by atoms with Crippen LogP contribution in [0.4, 0.5) is 13.2 Å². The van der Waals surface area contributed by atoms with E-state index < -0.39 is 12.0 Å². The molecule has 0 spiro atoms. The second kappa shape index (κ2) is 5.12. The lowest BCUT2D eigenvalue weighted by Crippen LogP contribution is -2.21. The number of benzene rings is 1. The molecule has 0 unspecified atom stereocenters. The smallest absolute Gasteiger partial charge is 0.294 e. The van der Waals surface area contributed by atoms with Crippen LogP contribution in [0.5, 0.6) is 0 Å². The van der Waals surface area contributed by atoms with Gasteiger partial charge in [-0.25, -0.2) is 9.50 Å². The minimum atomic E-state index is -4.65. The minimum absolute atomic E-state index is 0.0360. The number of rotatable bonds is 1. The molecule has 0 bridgehead atoms. The van der Waals surface area contributed by atoms with Gasteiger partial charge in [0.15, 0.2) is 5.78 Å². The molecular formula is C16H11F3N4O. The lowest BCUT2D eigenvalue weighted by molar-refractivity contribution is -0.144. The Kier molecular flexibility index (Phi) is 3.16. The largest absolute Gasteiger partial charge is 0.453 e. The molecule has 1 aromatic carbocycles. The number of fused-ring (bicyclic) bond motifs is 2. The molecule has 24 heavy (non-hydrogen) atoms. The normalized spacial score (nSPS) is 18.0. The molecule has 0 N–H and O–H groups in total. The van der Waals surface area contributed by atoms with Gasteiger partial charge in [-0.05, 0) is 17.9 Å². The van der Waals surface area contributed by atoms with Crippen LogP contribution in [0, 0.1) is 0 Å². The number of carbonyl (C=O) groups excluding carboxylic acids is 1. The van der Waals surface area contributed by atoms with Crippen LogP contribution in [-0.4, -0.2) is 25.4 Å². The summed E-state index contributed by atoms with van der Waals surface area (Å²) in [6.07, 6.45) is -2.57. The Balaban J connectivity index is 1.78. The van der Waals surface area contributed by atoms with Gasteiger partial charge in [0.2, 0.25) is 0 Å². The third-order valence-electron chi connectivity index (χ3n) is 4.11. The van der Waals surface area contributed by atoms with E-state index in [0.717, 1.165) is 10.1 Å². The van der Waals surface area contributed by atoms with E-state index in [9.17, 15) is 18.0 Å². The molecule has 5 nitrogen and oxygen atoms in total. The summed E-state index contributed by atoms with van der Waals surface area (Å²) >= 11 is 0. The van der Waals surface area contributed by atoms with E-state index in [1.807, 2.05) is 30.3 Å². The van der Waals surface area contributed by atoms with Crippen LogP contribution >= 0.6 is 0 Å². The Bertz CT molecular complexity index is 934. The van der Waals surface area contributed by atoms with Crippen molar-refractivity contribution in [3.8, 4) is 0 Å². The molecule has 4 rings (SSSR count). The van der Waals surface area contributed by atoms with E-state index in [2.05, 4.69) is 15.1 Å². The van der Waals surface area contributed by atoms with Gasteiger partial charge >= 0.3 is 6.18 Å². The van der Waals surface area contributed by atoms with E-state index in [1.54, 1.807) is 0 Å². The standard InChI is InChI=1S/C16H11F3N4O/c17-16(18,19)14-21-15-20-12-6-10(9-4-2-1-3-5-9)7-13(24)11(12)8-23(15)22-14/h1-5,8,10H,6-7H2/t10-/m1/s1. The topological polar surface area (TPSA) is 60.2 Å². The van der Waals surface area contributed by atoms with Crippen molar-refractivity contribution in [2.24, 2.45) is 0 Å². The molecule has 122 valence electrons. The highest BCUT2D eigenvalue weighted by Crippen LogP contribution is 2.32. The third-order valence-corrected chi connectivity index (χ3v) is 4.11. The maximum absolute atomic E-state index is 12.7. The Hall–Kier alpha value is -2.77. The van der Waals surface area contributed by atoms with Gasteiger partial charge in [-0.15, -0.1) is 5.10 Å². The van der Waals surface area contributed by atoms with Crippen molar-refractivity contribution in [1.29, 1.82) is 0 Å². The molecule has 1 aliphatic rings. The second-order valence-corrected chi connectivity index (χ2v) is 5.72. The number of hydrogen-bond donors (Lipinski definition) is 0. The number of ketones is 1. The summed E-state index contributed by atoms with van der Waals surface area (Å²) in [5, 5.41) is 3.37. The number of Topliss-reactive ketones (excluding diaryl/α,β-unsaturated/α-hetero) is 1. The maximum Gasteiger partial charge on any atom is 0.453 e. The van der Waals surface area contributed by atoms with Crippen LogP contribution in [0.25, 0.3) is 5.78 Å². The van der Waals surface area contributed by atoms with Gasteiger partial charge in [-0.2, -0.15) is 18.2 Å². The zero-order valence-electron chi connectivity index (χ0n) is 12.3. The summed E-state index contributed by atoms with van der Waals surface area (Å²) < 4.78 is 39.1. The van der Waals surface area contributed by atoms with Crippen molar-refractivity contribution in [3.05, 3.63) is 59.2 Å². The first kappa shape index (κ1) is 14.8. The summed E-state index contributed by atoms with van der Waals surface area (Å²) in [5.74, 6) is -1.60. The van der Waals surface area contributed by atoms with Crippen LogP contribution in [0.1, 0.15) is 39.8 Å². The second-order valence-electron chi connectivity index (χ2n) is 5.72. The van der Waals surface area contributed by atoms with Gasteiger partial charge in [0.1, 0.15) is 0 Å². The van der Waals surface area contributed by atoms with Crippen molar-refractivity contribution in [3.63, 3.8) is 0 Å². The van der Waals surface area contributed by atoms with Crippen LogP contribution in [0.2, 0.25) is 0 Å². The molecular weight excluding hydrogens is 321 g/mol. The molecule has 8 heteroatoms. The van der Waals surface area contributed by atoms with E-state index >= 15 is 0 Å². The molecule has 0 radical (unpaired) electrons. The fourth-order valence-corrected chi connectivity index (χ4v) is 2.96. The first-order chi connectivity index (χ1) is 11.4. The average molecular weight is 332 g/mol. The lowest BCUT2D eigenvalue weighted by atomic mass is 9.82. The molecule has 0 amide bonds. The van der Waals surface area contributed by atoms with Crippen molar-refractivity contribution in [2.45, 2.75) is 24.9 Å². The molecule has 0 aliphatic heterocycles. The Morgan fingerprint density at radius 1 is 1.08 bits per heavy atom. The first-order valence-corrected chi connectivity index (χ1v) is 7.33. The SMILES string of the molecule is O=C1C[C@H](c2ccccc2)Cc2nc3nc(C(F)(F)F)nn3cc21. The maximum atomic E-state index is 12.7. The van der Waals surface area contributed by atoms with Gasteiger partial charge in [-0.1, -0.05) is 30.3 Å². The summed E-state index contributed by atoms with van der Waals surface area (Å²) in [6, 6.07) is 9.53. The highest BCUT2D eigenvalue weighted by atomic mass is 19.4. The van der Waals surface area contributed by atoms with E-state index in [4.69, 9.17) is 0 Å². The summed E-state index contributed by atoms with van der Waals surface area (Å²) in [6.45, 7) is 0. The monoisotopic (exact) mass is 332 g/mol. The van der Waals surface area contributed by atoms with Crippen molar-refractivity contribution in [2.75, 3.05) is 0 Å². The first-order valence-electron chi connectivity index (χ1n) is 7.33. The predicted octanol–water partition coefficient (Wildman–Crippen LogP) is 3.06. The molecule has 1 aliphatic carbocycles. The molecule has 0 saturated carbocycles. The zero-order chi connectivity index (χ0) is 16.9. The Labute approximate surface area is 134 Å². The number of nitrogens with zero attached hydrogens (tertiary/aromatic N) is 4. The van der Waals surface area contributed by atoms with Crippen LogP contribution in [0.15, 0.2) is 36.5 Å². The van der Waals surface area contributed by atoms with Crippen LogP contribution in [0.3, 0.4) is 0 Å². The van der Waals surface area contributed by atoms with Gasteiger partial charge < -0.3 is 0 Å². The molecule has 0 fully saturated rings. The fraction of sp³-hybridized carbons (Fsp3) is 0.250. The highest BCUT2D eigenvalue weighted by molar-refractivity contribution is 5.98. The van der Waals surface area contributed by atoms with Gasteiger partial charge in [0.05, 0.1) is 11.3 Å². The van der Waals surface area contributed by atoms with Gasteiger partial charge in [0, 0.05) is 12.6 Å². The molecule has 0 saturated heterocycles. The third kappa shape index (κ3) is 2.44. The van der Waals surface area contributed by atoms with Crippen molar-refractivity contribution < 1.29 is 18.0 Å². The van der Waals surface area contributed by atoms with E-state index in [0.29, 0.717) is 24.1 Å². The summed E-state index contributed by atoms with van der Waals surface area (Å²) in [4.78, 5) is 20.0. The van der Waals surface area contributed by atoms with Crippen molar-refractivity contribution in [1.82, 2.24) is 19.6 Å². The Morgan fingerprint density at radius 3 is 2.54 bits per heavy atom. The number of aromatic nitrogens is 4. The number of alkyl halides is 3. The quantitative estimate of drug-likeness (QED) is 0.687. The zero-order valence-corrected chi connectivity index (χ0v) is 12.3. The molecule has 2 heterocycles. The number of carbonyl (C=O) groups is 1. The minimum Gasteiger partial charge on any atom is -0.294 e. The highest BCUT2D eigenvalue weighted by Gasteiger charge is 2.37. The van der Waals surface area contributed by atoms with Crippen LogP contribution < -0.4 is 0 Å². The lowest BCUT2D eigenvalue weighted by Gasteiger charge is -2.22. The summed E-state index contributed by atoms with van der Waals surface area (Å²) in [7, 11) is 0. The predicted molar refractivity (Wildman–Crippen MR) is 77.6 cm³/mol. The fourth-order valence-electron chi connectivity index (χ4n) is 2.96.